The number of halogens is 1. The molecule has 0 aromatic carbocycles. The quantitative estimate of drug-likeness (QED) is 0.309. The monoisotopic (exact) mass is 322 g/mol. The summed E-state index contributed by atoms with van der Waals surface area (Å²) in [4.78, 5) is 8.84. The molecular weight excluding hydrogens is 311 g/mol. The van der Waals surface area contributed by atoms with Crippen LogP contribution in [-0.2, 0) is 9.68 Å². The molecule has 1 saturated carbocycles. The van der Waals surface area contributed by atoms with E-state index in [4.69, 9.17) is 20.8 Å². The molecule has 1 aliphatic carbocycles. The Hall–Kier alpha value is 0.410. The van der Waals surface area contributed by atoms with Crippen molar-refractivity contribution in [3.8, 4) is 0 Å². The maximum absolute atomic E-state index is 8.26. The van der Waals surface area contributed by atoms with Gasteiger partial charge in [0.05, 0.1) is 24.0 Å². The molecule has 2 unspecified atom stereocenters. The van der Waals surface area contributed by atoms with Crippen LogP contribution < -0.4 is 0 Å². The average molecular weight is 322 g/mol. The van der Waals surface area contributed by atoms with Crippen molar-refractivity contribution in [3.05, 3.63) is 0 Å². The van der Waals surface area contributed by atoms with E-state index in [1.807, 2.05) is 0 Å². The standard InChI is InChI=1S/C5H11IN2O6/c6-5-3(1-13-7(9)10)4(5)2-14-8(11)12/h3-5,9-12H,1-2H2. The summed E-state index contributed by atoms with van der Waals surface area (Å²) in [6.07, 6.45) is 0. The van der Waals surface area contributed by atoms with Crippen LogP contribution in [0, 0.1) is 11.8 Å². The van der Waals surface area contributed by atoms with Gasteiger partial charge >= 0.3 is 0 Å². The first-order valence-corrected chi connectivity index (χ1v) is 5.02. The Bertz CT molecular complexity index is 164. The van der Waals surface area contributed by atoms with E-state index in [0.29, 0.717) is 0 Å². The molecule has 14 heavy (non-hydrogen) atoms. The number of rotatable bonds is 6. The molecule has 0 amide bonds. The van der Waals surface area contributed by atoms with Crippen LogP contribution in [0.4, 0.5) is 0 Å². The molecule has 0 spiro atoms. The van der Waals surface area contributed by atoms with Gasteiger partial charge in [-0.1, -0.05) is 22.6 Å². The van der Waals surface area contributed by atoms with Gasteiger partial charge in [-0.25, -0.2) is 0 Å². The molecule has 9 heteroatoms. The predicted molar refractivity (Wildman–Crippen MR) is 47.5 cm³/mol. The maximum Gasteiger partial charge on any atom is 0.0778 e. The fraction of sp³-hybridized carbons (Fsp3) is 1.00. The van der Waals surface area contributed by atoms with E-state index in [-0.39, 0.29) is 39.8 Å². The Morgan fingerprint density at radius 2 is 1.29 bits per heavy atom. The van der Waals surface area contributed by atoms with Crippen LogP contribution in [0.3, 0.4) is 0 Å². The SMILES string of the molecule is ON(O)OCC1C(I)C1CON(O)O. The second-order valence-corrected chi connectivity index (χ2v) is 4.31. The van der Waals surface area contributed by atoms with Crippen LogP contribution in [0.5, 0.6) is 0 Å². The second kappa shape index (κ2) is 5.48. The van der Waals surface area contributed by atoms with Crippen molar-refractivity contribution in [3.63, 3.8) is 0 Å². The minimum atomic E-state index is -0.343. The lowest BCUT2D eigenvalue weighted by molar-refractivity contribution is -0.496. The Morgan fingerprint density at radius 3 is 1.57 bits per heavy atom. The highest BCUT2D eigenvalue weighted by molar-refractivity contribution is 14.1. The van der Waals surface area contributed by atoms with Gasteiger partial charge in [0.2, 0.25) is 0 Å². The number of hydrogen-bond acceptors (Lipinski definition) is 8. The molecule has 1 fully saturated rings. The zero-order valence-electron chi connectivity index (χ0n) is 7.02. The number of hydrogen-bond donors (Lipinski definition) is 4. The molecule has 0 bridgehead atoms. The van der Waals surface area contributed by atoms with E-state index in [2.05, 4.69) is 32.3 Å². The van der Waals surface area contributed by atoms with Crippen molar-refractivity contribution in [2.24, 2.45) is 11.8 Å². The van der Waals surface area contributed by atoms with Crippen LogP contribution >= 0.6 is 22.6 Å². The molecule has 84 valence electrons. The largest absolute Gasteiger partial charge is 0.266 e. The van der Waals surface area contributed by atoms with Crippen molar-refractivity contribution in [1.82, 2.24) is 10.8 Å². The molecule has 2 atom stereocenters. The minimum absolute atomic E-state index is 0.109. The third kappa shape index (κ3) is 3.88. The fourth-order valence-electron chi connectivity index (χ4n) is 1.13. The lowest BCUT2D eigenvalue weighted by atomic mass is 10.3. The third-order valence-corrected chi connectivity index (χ3v) is 3.84. The summed E-state index contributed by atoms with van der Waals surface area (Å²) in [6.45, 7) is 0.289. The summed E-state index contributed by atoms with van der Waals surface area (Å²) in [5, 5.41) is 32.4. The fourth-order valence-corrected chi connectivity index (χ4v) is 2.38. The van der Waals surface area contributed by atoms with E-state index in [9.17, 15) is 0 Å². The van der Waals surface area contributed by atoms with Gasteiger partial charge in [-0.05, 0) is 0 Å². The van der Waals surface area contributed by atoms with Crippen LogP contribution in [0.1, 0.15) is 0 Å². The Labute approximate surface area is 93.1 Å². The highest BCUT2D eigenvalue weighted by atomic mass is 127. The number of nitrogens with zero attached hydrogens (tertiary/aromatic N) is 2. The van der Waals surface area contributed by atoms with Crippen LogP contribution in [0.2, 0.25) is 0 Å². The molecule has 0 radical (unpaired) electrons. The second-order valence-electron chi connectivity index (χ2n) is 2.87. The van der Waals surface area contributed by atoms with Gasteiger partial charge in [-0.2, -0.15) is 0 Å². The Balaban J connectivity index is 2.11. The van der Waals surface area contributed by atoms with Crippen molar-refractivity contribution in [2.75, 3.05) is 13.2 Å². The molecule has 4 N–H and O–H groups in total. The smallest absolute Gasteiger partial charge is 0.0778 e. The van der Waals surface area contributed by atoms with Crippen LogP contribution in [-0.4, -0.2) is 48.7 Å². The normalized spacial score (nSPS) is 31.5. The zero-order valence-corrected chi connectivity index (χ0v) is 9.18. The first-order chi connectivity index (χ1) is 6.52. The first kappa shape index (κ1) is 12.5. The maximum atomic E-state index is 8.26. The predicted octanol–water partition coefficient (Wildman–Crippen LogP) is 0.0600. The van der Waals surface area contributed by atoms with E-state index >= 15 is 0 Å². The molecule has 0 aromatic rings. The topological polar surface area (TPSA) is 106 Å². The van der Waals surface area contributed by atoms with Crippen molar-refractivity contribution in [2.45, 2.75) is 3.92 Å². The average Bonchev–Trinajstić information content (AvgIpc) is 2.69. The molecule has 0 aliphatic heterocycles. The molecule has 1 rings (SSSR count). The van der Waals surface area contributed by atoms with Gasteiger partial charge in [-0.3, -0.25) is 30.5 Å². The molecule has 1 aliphatic rings. The summed E-state index contributed by atoms with van der Waals surface area (Å²) >= 11 is 2.15. The molecule has 0 heterocycles. The van der Waals surface area contributed by atoms with Gasteiger partial charge in [-0.15, -0.1) is 0 Å². The summed E-state index contributed by atoms with van der Waals surface area (Å²) in [7, 11) is 0. The zero-order chi connectivity index (χ0) is 10.7. The molecule has 8 nitrogen and oxygen atoms in total. The van der Waals surface area contributed by atoms with E-state index in [1.54, 1.807) is 0 Å². The van der Waals surface area contributed by atoms with Gasteiger partial charge in [0, 0.05) is 15.8 Å². The lowest BCUT2D eigenvalue weighted by Gasteiger charge is -2.06. The van der Waals surface area contributed by atoms with E-state index in [0.717, 1.165) is 0 Å². The summed E-state index contributed by atoms with van der Waals surface area (Å²) in [5.74, 6) is 0.217. The third-order valence-electron chi connectivity index (χ3n) is 1.99. The summed E-state index contributed by atoms with van der Waals surface area (Å²) in [5.41, 5.74) is 0. The van der Waals surface area contributed by atoms with Gasteiger partial charge in [0.25, 0.3) is 0 Å². The first-order valence-electron chi connectivity index (χ1n) is 3.78. The van der Waals surface area contributed by atoms with Gasteiger partial charge in [0.15, 0.2) is 0 Å². The highest BCUT2D eigenvalue weighted by Gasteiger charge is 2.49. The van der Waals surface area contributed by atoms with Crippen molar-refractivity contribution >= 4 is 22.6 Å². The van der Waals surface area contributed by atoms with Crippen molar-refractivity contribution in [1.29, 1.82) is 0 Å². The summed E-state index contributed by atoms with van der Waals surface area (Å²) < 4.78 is 0.257. The Morgan fingerprint density at radius 1 is 0.929 bits per heavy atom. The van der Waals surface area contributed by atoms with Gasteiger partial charge < -0.3 is 0 Å². The highest BCUT2D eigenvalue weighted by Crippen LogP contribution is 2.46. The number of alkyl halides is 1. The van der Waals surface area contributed by atoms with Crippen LogP contribution in [0.25, 0.3) is 0 Å². The molecule has 0 aromatic heterocycles. The van der Waals surface area contributed by atoms with Gasteiger partial charge in [0.1, 0.15) is 0 Å². The van der Waals surface area contributed by atoms with E-state index < -0.39 is 0 Å². The Kier molecular flexibility index (Phi) is 4.89. The molecular formula is C5H11IN2O6. The lowest BCUT2D eigenvalue weighted by Crippen LogP contribution is -2.18. The summed E-state index contributed by atoms with van der Waals surface area (Å²) in [6, 6.07) is 0. The van der Waals surface area contributed by atoms with Crippen LogP contribution in [0.15, 0.2) is 0 Å². The van der Waals surface area contributed by atoms with E-state index in [1.165, 1.54) is 0 Å². The minimum Gasteiger partial charge on any atom is -0.266 e. The molecule has 0 saturated heterocycles. The van der Waals surface area contributed by atoms with Crippen molar-refractivity contribution < 1.29 is 30.5 Å².